The molecule has 0 amide bonds. The number of methoxy groups -OCH3 is 1. The van der Waals surface area contributed by atoms with E-state index < -0.39 is 11.7 Å². The maximum atomic E-state index is 14.3. The number of pyridine rings is 2. The van der Waals surface area contributed by atoms with Crippen molar-refractivity contribution in [1.29, 1.82) is 0 Å². The second-order valence-corrected chi connectivity index (χ2v) is 14.9. The molecule has 4 aromatic rings. The van der Waals surface area contributed by atoms with E-state index in [-0.39, 0.29) is 34.6 Å². The Morgan fingerprint density at radius 1 is 1.06 bits per heavy atom. The molecule has 1 aliphatic heterocycles. The first kappa shape index (κ1) is 37.0. The fraction of sp³-hybridized carbons (Fsp3) is 0.579. The average molecular weight is 736 g/mol. The number of carbonyl (C=O) groups excluding carboxylic acids is 1. The number of nitrogens with one attached hydrogen (secondary N) is 1. The first-order valence-electron chi connectivity index (χ1n) is 18.6. The van der Waals surface area contributed by atoms with Gasteiger partial charge in [-0.05, 0) is 51.7 Å². The number of fused-ring (bicyclic) bond motifs is 1. The molecule has 7 rings (SSSR count). The standard InChI is InChI=1S/C38H48F3N9O3/c1-5-53-32(51)10-13-49-14-15-50(24(2)21-49)31-20-42-29(19-43-31)35-46-34-30(48(3)22-37(23-52-4)11-6-7-12-37)17-28(45-36(34)47-35)26-16-27(38(39,40)41)33(44-18-26)25-8-9-25/h16-20,24-25H,5-15,21-23H2,1-4H3,(H,45,46,47)/t24-/m1/s1. The Labute approximate surface area is 307 Å². The zero-order valence-corrected chi connectivity index (χ0v) is 30.9. The van der Waals surface area contributed by atoms with Crippen LogP contribution in [0.2, 0.25) is 0 Å². The van der Waals surface area contributed by atoms with E-state index in [0.29, 0.717) is 73.9 Å². The molecule has 1 N–H and O–H groups in total. The molecule has 53 heavy (non-hydrogen) atoms. The summed E-state index contributed by atoms with van der Waals surface area (Å²) in [6.45, 7) is 8.60. The molecule has 0 aromatic carbocycles. The number of nitrogens with zero attached hydrogens (tertiary/aromatic N) is 8. The summed E-state index contributed by atoms with van der Waals surface area (Å²) < 4.78 is 53.5. The van der Waals surface area contributed by atoms with Crippen molar-refractivity contribution in [3.63, 3.8) is 0 Å². The van der Waals surface area contributed by atoms with Crippen LogP contribution in [0, 0.1) is 5.41 Å². The van der Waals surface area contributed by atoms with Crippen molar-refractivity contribution in [3.8, 4) is 22.8 Å². The zero-order chi connectivity index (χ0) is 37.3. The largest absolute Gasteiger partial charge is 0.466 e. The number of aromatic amines is 1. The lowest BCUT2D eigenvalue weighted by Gasteiger charge is -2.40. The topological polar surface area (TPSA) is 125 Å². The Balaban J connectivity index is 1.18. The first-order valence-corrected chi connectivity index (χ1v) is 18.6. The number of halogens is 3. The SMILES string of the molecule is CCOC(=O)CCN1CCN(c2cnc(-c3nc4nc(-c5cnc(C6CC6)c(C(F)(F)F)c5)cc(N(C)CC5(COC)CCCC5)c4[nH]3)cn2)[C@H](C)C1. The molecule has 3 aliphatic rings. The van der Waals surface area contributed by atoms with Crippen LogP contribution in [-0.2, 0) is 20.4 Å². The van der Waals surface area contributed by atoms with Crippen molar-refractivity contribution in [1.82, 2.24) is 34.8 Å². The normalized spacial score (nSPS) is 19.2. The quantitative estimate of drug-likeness (QED) is 0.152. The summed E-state index contributed by atoms with van der Waals surface area (Å²) in [5.74, 6) is 0.865. The summed E-state index contributed by atoms with van der Waals surface area (Å²) in [7, 11) is 3.72. The van der Waals surface area contributed by atoms with E-state index in [1.807, 2.05) is 20.0 Å². The molecule has 0 radical (unpaired) electrons. The number of esters is 1. The van der Waals surface area contributed by atoms with Crippen molar-refractivity contribution >= 4 is 28.6 Å². The molecule has 284 valence electrons. The molecule has 2 saturated carbocycles. The van der Waals surface area contributed by atoms with Crippen LogP contribution < -0.4 is 9.80 Å². The van der Waals surface area contributed by atoms with Crippen LogP contribution in [0.25, 0.3) is 33.9 Å². The second kappa shape index (κ2) is 15.2. The number of H-pyrrole nitrogens is 1. The van der Waals surface area contributed by atoms with Gasteiger partial charge in [0.15, 0.2) is 11.5 Å². The molecule has 4 aromatic heterocycles. The van der Waals surface area contributed by atoms with Crippen LogP contribution >= 0.6 is 0 Å². The van der Waals surface area contributed by atoms with E-state index in [9.17, 15) is 18.0 Å². The summed E-state index contributed by atoms with van der Waals surface area (Å²) in [5, 5.41) is 0. The maximum Gasteiger partial charge on any atom is 0.418 e. The van der Waals surface area contributed by atoms with E-state index in [1.165, 1.54) is 12.3 Å². The highest BCUT2D eigenvalue weighted by Crippen LogP contribution is 2.46. The highest BCUT2D eigenvalue weighted by atomic mass is 19.4. The van der Waals surface area contributed by atoms with Gasteiger partial charge in [-0.25, -0.2) is 19.9 Å². The van der Waals surface area contributed by atoms with Crippen LogP contribution in [0.4, 0.5) is 24.7 Å². The van der Waals surface area contributed by atoms with Gasteiger partial charge in [0.05, 0.1) is 54.7 Å². The maximum absolute atomic E-state index is 14.3. The van der Waals surface area contributed by atoms with Gasteiger partial charge in [-0.1, -0.05) is 12.8 Å². The lowest BCUT2D eigenvalue weighted by Crippen LogP contribution is -2.52. The molecule has 5 heterocycles. The summed E-state index contributed by atoms with van der Waals surface area (Å²) in [4.78, 5) is 45.3. The van der Waals surface area contributed by atoms with Gasteiger partial charge in [-0.15, -0.1) is 0 Å². The number of alkyl halides is 3. The Morgan fingerprint density at radius 3 is 2.51 bits per heavy atom. The van der Waals surface area contributed by atoms with Gasteiger partial charge in [0, 0.05) is 76.0 Å². The first-order chi connectivity index (χ1) is 25.5. The predicted octanol–water partition coefficient (Wildman–Crippen LogP) is 6.48. The van der Waals surface area contributed by atoms with Crippen molar-refractivity contribution in [2.24, 2.45) is 5.41 Å². The molecule has 1 atom stereocenters. The molecule has 12 nitrogen and oxygen atoms in total. The molecule has 15 heteroatoms. The monoisotopic (exact) mass is 735 g/mol. The minimum absolute atomic E-state index is 0.0378. The number of rotatable bonds is 13. The van der Waals surface area contributed by atoms with Crippen molar-refractivity contribution < 1.29 is 27.4 Å². The molecule has 3 fully saturated rings. The summed E-state index contributed by atoms with van der Waals surface area (Å²) in [6, 6.07) is 3.17. The minimum atomic E-state index is -4.53. The Kier molecular flexibility index (Phi) is 10.6. The Bertz CT molecular complexity index is 1910. The molecule has 2 aliphatic carbocycles. The molecular weight excluding hydrogens is 687 g/mol. The number of piperazine rings is 1. The van der Waals surface area contributed by atoms with Crippen LogP contribution in [0.1, 0.15) is 76.0 Å². The fourth-order valence-corrected chi connectivity index (χ4v) is 8.08. The zero-order valence-electron chi connectivity index (χ0n) is 30.9. The van der Waals surface area contributed by atoms with E-state index >= 15 is 0 Å². The highest BCUT2D eigenvalue weighted by Gasteiger charge is 2.40. The van der Waals surface area contributed by atoms with Gasteiger partial charge in [0.1, 0.15) is 17.0 Å². The number of carbonyl (C=O) groups is 1. The molecule has 0 bridgehead atoms. The predicted molar refractivity (Wildman–Crippen MR) is 196 cm³/mol. The number of hydrogen-bond acceptors (Lipinski definition) is 11. The van der Waals surface area contributed by atoms with Gasteiger partial charge in [-0.3, -0.25) is 14.7 Å². The lowest BCUT2D eigenvalue weighted by molar-refractivity contribution is -0.143. The minimum Gasteiger partial charge on any atom is -0.466 e. The van der Waals surface area contributed by atoms with Crippen molar-refractivity contribution in [3.05, 3.63) is 42.0 Å². The van der Waals surface area contributed by atoms with E-state index in [4.69, 9.17) is 29.4 Å². The number of hydrogen-bond donors (Lipinski definition) is 1. The summed E-state index contributed by atoms with van der Waals surface area (Å²) in [6.07, 6.45) is 6.50. The molecule has 0 spiro atoms. The fourth-order valence-electron chi connectivity index (χ4n) is 8.08. The van der Waals surface area contributed by atoms with Gasteiger partial charge >= 0.3 is 12.1 Å². The molecular formula is C38H48F3N9O3. The smallest absolute Gasteiger partial charge is 0.418 e. The van der Waals surface area contributed by atoms with Gasteiger partial charge < -0.3 is 24.3 Å². The number of aromatic nitrogens is 6. The Morgan fingerprint density at radius 2 is 1.85 bits per heavy atom. The van der Waals surface area contributed by atoms with Gasteiger partial charge in [0.25, 0.3) is 0 Å². The van der Waals surface area contributed by atoms with Crippen molar-refractivity contribution in [2.45, 2.75) is 76.9 Å². The average Bonchev–Trinajstić information content (AvgIpc) is 3.74. The summed E-state index contributed by atoms with van der Waals surface area (Å²) >= 11 is 0. The van der Waals surface area contributed by atoms with E-state index in [1.54, 1.807) is 19.5 Å². The van der Waals surface area contributed by atoms with Gasteiger partial charge in [-0.2, -0.15) is 13.2 Å². The molecule has 1 saturated heterocycles. The lowest BCUT2D eigenvalue weighted by atomic mass is 9.86. The third-order valence-electron chi connectivity index (χ3n) is 10.8. The third-order valence-corrected chi connectivity index (χ3v) is 10.8. The van der Waals surface area contributed by atoms with Crippen LogP contribution in [0.5, 0.6) is 0 Å². The number of anilines is 2. The highest BCUT2D eigenvalue weighted by molar-refractivity contribution is 5.91. The van der Waals surface area contributed by atoms with Crippen LogP contribution in [0.3, 0.4) is 0 Å². The van der Waals surface area contributed by atoms with Crippen LogP contribution in [0.15, 0.2) is 30.7 Å². The Hall–Kier alpha value is -4.37. The van der Waals surface area contributed by atoms with E-state index in [0.717, 1.165) is 56.8 Å². The van der Waals surface area contributed by atoms with E-state index in [2.05, 4.69) is 31.6 Å². The number of ether oxygens (including phenoxy) is 2. The van der Waals surface area contributed by atoms with Crippen LogP contribution in [-0.4, -0.2) is 107 Å². The molecule has 0 unspecified atom stereocenters. The summed E-state index contributed by atoms with van der Waals surface area (Å²) in [5.41, 5.74) is 2.33. The second-order valence-electron chi connectivity index (χ2n) is 14.9. The third kappa shape index (κ3) is 8.10. The van der Waals surface area contributed by atoms with Crippen molar-refractivity contribution in [2.75, 3.05) is 69.9 Å². The number of imidazole rings is 1. The van der Waals surface area contributed by atoms with Gasteiger partial charge in [0.2, 0.25) is 0 Å².